The molecule has 0 N–H and O–H groups in total. The molecule has 0 saturated heterocycles. The van der Waals surface area contributed by atoms with Gasteiger partial charge < -0.3 is 9.47 Å². The first-order valence-electron chi connectivity index (χ1n) is 9.42. The van der Waals surface area contributed by atoms with E-state index < -0.39 is 17.2 Å². The summed E-state index contributed by atoms with van der Waals surface area (Å²) in [6.07, 6.45) is 6.16. The standard InChI is InChI=1S/C19H22F2N6O3/c1-2-29-18(28)4-3-7-30-19(9-26-13-22-11-24-26,10-27-14-23-12-25-27)16-6-5-15(20)8-17(16)21/h5-6,8,11-14H,2-4,7,9-10H2,1H3. The molecule has 0 aliphatic carbocycles. The lowest BCUT2D eigenvalue weighted by atomic mass is 9.92. The highest BCUT2D eigenvalue weighted by molar-refractivity contribution is 5.69. The van der Waals surface area contributed by atoms with Gasteiger partial charge in [0.25, 0.3) is 0 Å². The Morgan fingerprint density at radius 3 is 2.30 bits per heavy atom. The van der Waals surface area contributed by atoms with Gasteiger partial charge in [0.2, 0.25) is 0 Å². The predicted molar refractivity (Wildman–Crippen MR) is 99.9 cm³/mol. The molecule has 1 aromatic carbocycles. The average molecular weight is 420 g/mol. The van der Waals surface area contributed by atoms with E-state index in [2.05, 4.69) is 20.2 Å². The van der Waals surface area contributed by atoms with E-state index in [1.807, 2.05) is 0 Å². The monoisotopic (exact) mass is 420 g/mol. The predicted octanol–water partition coefficient (Wildman–Crippen LogP) is 2.10. The Hall–Kier alpha value is -3.21. The second-order valence-electron chi connectivity index (χ2n) is 6.56. The van der Waals surface area contributed by atoms with Crippen molar-refractivity contribution < 1.29 is 23.0 Å². The molecule has 160 valence electrons. The van der Waals surface area contributed by atoms with Crippen LogP contribution in [-0.2, 0) is 33.0 Å². The van der Waals surface area contributed by atoms with Crippen LogP contribution in [0.1, 0.15) is 25.3 Å². The highest BCUT2D eigenvalue weighted by atomic mass is 19.1. The Bertz CT molecular complexity index is 898. The highest BCUT2D eigenvalue weighted by Gasteiger charge is 2.38. The molecule has 0 fully saturated rings. The summed E-state index contributed by atoms with van der Waals surface area (Å²) in [4.78, 5) is 19.5. The summed E-state index contributed by atoms with van der Waals surface area (Å²) in [7, 11) is 0. The van der Waals surface area contributed by atoms with Crippen molar-refractivity contribution in [3.05, 3.63) is 60.7 Å². The minimum atomic E-state index is -1.31. The maximum absolute atomic E-state index is 14.9. The second-order valence-corrected chi connectivity index (χ2v) is 6.56. The zero-order valence-corrected chi connectivity index (χ0v) is 16.4. The van der Waals surface area contributed by atoms with Crippen LogP contribution in [0.15, 0.2) is 43.5 Å². The van der Waals surface area contributed by atoms with Gasteiger partial charge in [0.05, 0.1) is 19.7 Å². The quantitative estimate of drug-likeness (QED) is 0.346. The number of esters is 1. The lowest BCUT2D eigenvalue weighted by Gasteiger charge is -2.34. The summed E-state index contributed by atoms with van der Waals surface area (Å²) in [6, 6.07) is 3.30. The van der Waals surface area contributed by atoms with Crippen LogP contribution < -0.4 is 0 Å². The van der Waals surface area contributed by atoms with Gasteiger partial charge >= 0.3 is 5.97 Å². The van der Waals surface area contributed by atoms with Crippen molar-refractivity contribution in [3.63, 3.8) is 0 Å². The molecule has 0 unspecified atom stereocenters. The maximum Gasteiger partial charge on any atom is 0.305 e. The molecule has 3 rings (SSSR count). The van der Waals surface area contributed by atoms with E-state index in [0.29, 0.717) is 13.0 Å². The third-order valence-corrected chi connectivity index (χ3v) is 4.40. The number of carbonyl (C=O) groups excluding carboxylic acids is 1. The van der Waals surface area contributed by atoms with Crippen LogP contribution in [-0.4, -0.2) is 48.7 Å². The van der Waals surface area contributed by atoms with Gasteiger partial charge in [-0.05, 0) is 19.4 Å². The number of rotatable bonds is 11. The van der Waals surface area contributed by atoms with Crippen LogP contribution in [0, 0.1) is 11.6 Å². The maximum atomic E-state index is 14.9. The molecule has 3 aromatic rings. The zero-order chi connectivity index (χ0) is 21.4. The van der Waals surface area contributed by atoms with Crippen LogP contribution in [0.3, 0.4) is 0 Å². The molecule has 0 aliphatic rings. The van der Waals surface area contributed by atoms with E-state index in [9.17, 15) is 13.6 Å². The van der Waals surface area contributed by atoms with Crippen LogP contribution in [0.4, 0.5) is 8.78 Å². The smallest absolute Gasteiger partial charge is 0.305 e. The Kier molecular flexibility index (Phi) is 7.17. The zero-order valence-electron chi connectivity index (χ0n) is 16.4. The van der Waals surface area contributed by atoms with E-state index in [0.717, 1.165) is 12.1 Å². The molecule has 0 spiro atoms. The van der Waals surface area contributed by atoms with E-state index in [1.54, 1.807) is 6.92 Å². The highest BCUT2D eigenvalue weighted by Crippen LogP contribution is 2.32. The van der Waals surface area contributed by atoms with Crippen molar-refractivity contribution in [3.8, 4) is 0 Å². The molecule has 0 aliphatic heterocycles. The number of halogens is 2. The fourth-order valence-electron chi connectivity index (χ4n) is 3.12. The molecular formula is C19H22F2N6O3. The largest absolute Gasteiger partial charge is 0.466 e. The molecule has 0 bridgehead atoms. The van der Waals surface area contributed by atoms with E-state index in [-0.39, 0.29) is 37.6 Å². The molecule has 11 heteroatoms. The first kappa shape index (κ1) is 21.5. The third kappa shape index (κ3) is 5.44. The van der Waals surface area contributed by atoms with E-state index >= 15 is 0 Å². The first-order valence-corrected chi connectivity index (χ1v) is 9.42. The minimum Gasteiger partial charge on any atom is -0.466 e. The van der Waals surface area contributed by atoms with Crippen molar-refractivity contribution in [1.82, 2.24) is 29.5 Å². The number of aromatic nitrogens is 6. The van der Waals surface area contributed by atoms with Crippen molar-refractivity contribution in [1.29, 1.82) is 0 Å². The molecule has 30 heavy (non-hydrogen) atoms. The van der Waals surface area contributed by atoms with Crippen LogP contribution >= 0.6 is 0 Å². The molecular weight excluding hydrogens is 398 g/mol. The van der Waals surface area contributed by atoms with Crippen molar-refractivity contribution >= 4 is 5.97 Å². The van der Waals surface area contributed by atoms with Gasteiger partial charge in [0.15, 0.2) is 0 Å². The normalized spacial score (nSPS) is 11.6. The Balaban J connectivity index is 1.91. The number of hydrogen-bond acceptors (Lipinski definition) is 7. The number of nitrogens with zero attached hydrogens (tertiary/aromatic N) is 6. The molecule has 0 atom stereocenters. The number of hydrogen-bond donors (Lipinski definition) is 0. The summed E-state index contributed by atoms with van der Waals surface area (Å²) >= 11 is 0. The Morgan fingerprint density at radius 2 is 1.77 bits per heavy atom. The first-order chi connectivity index (χ1) is 14.5. The fourth-order valence-corrected chi connectivity index (χ4v) is 3.12. The molecule has 0 amide bonds. The number of carbonyl (C=O) groups is 1. The third-order valence-electron chi connectivity index (χ3n) is 4.40. The van der Waals surface area contributed by atoms with Gasteiger partial charge in [0.1, 0.15) is 42.5 Å². The lowest BCUT2D eigenvalue weighted by Crippen LogP contribution is -2.41. The van der Waals surface area contributed by atoms with Gasteiger partial charge in [-0.25, -0.2) is 28.1 Å². The summed E-state index contributed by atoms with van der Waals surface area (Å²) in [5.41, 5.74) is -1.18. The van der Waals surface area contributed by atoms with Gasteiger partial charge in [-0.3, -0.25) is 4.79 Å². The van der Waals surface area contributed by atoms with E-state index in [4.69, 9.17) is 9.47 Å². The summed E-state index contributed by atoms with van der Waals surface area (Å²) in [6.45, 7) is 2.30. The van der Waals surface area contributed by atoms with Crippen LogP contribution in [0.25, 0.3) is 0 Å². The topological polar surface area (TPSA) is 97.0 Å². The molecule has 0 radical (unpaired) electrons. The van der Waals surface area contributed by atoms with Crippen LogP contribution in [0.2, 0.25) is 0 Å². The molecule has 0 saturated carbocycles. The molecule has 2 aromatic heterocycles. The van der Waals surface area contributed by atoms with Gasteiger partial charge in [-0.1, -0.05) is 6.07 Å². The summed E-state index contributed by atoms with van der Waals surface area (Å²) in [5.74, 6) is -1.80. The summed E-state index contributed by atoms with van der Waals surface area (Å²) in [5, 5.41) is 8.19. The molecule has 2 heterocycles. The Morgan fingerprint density at radius 1 is 1.10 bits per heavy atom. The second kappa shape index (κ2) is 10.0. The van der Waals surface area contributed by atoms with Crippen LogP contribution in [0.5, 0.6) is 0 Å². The van der Waals surface area contributed by atoms with Gasteiger partial charge in [-0.2, -0.15) is 10.2 Å². The summed E-state index contributed by atoms with van der Waals surface area (Å²) < 4.78 is 42.5. The molecule has 9 nitrogen and oxygen atoms in total. The SMILES string of the molecule is CCOC(=O)CCCOC(Cn1cncn1)(Cn1cncn1)c1ccc(F)cc1F. The van der Waals surface area contributed by atoms with E-state index in [1.165, 1.54) is 40.7 Å². The fraction of sp³-hybridized carbons (Fsp3) is 0.421. The Labute approximate surface area is 171 Å². The van der Waals surface area contributed by atoms with Gasteiger partial charge in [-0.15, -0.1) is 0 Å². The van der Waals surface area contributed by atoms with Crippen molar-refractivity contribution in [2.75, 3.05) is 13.2 Å². The lowest BCUT2D eigenvalue weighted by molar-refractivity contribution is -0.144. The van der Waals surface area contributed by atoms with Crippen molar-refractivity contribution in [2.24, 2.45) is 0 Å². The average Bonchev–Trinajstić information content (AvgIpc) is 3.39. The minimum absolute atomic E-state index is 0.0782. The number of ether oxygens (including phenoxy) is 2. The number of benzene rings is 1. The van der Waals surface area contributed by atoms with Gasteiger partial charge in [0, 0.05) is 24.7 Å². The van der Waals surface area contributed by atoms with Crippen molar-refractivity contribution in [2.45, 2.75) is 38.5 Å².